The number of benzene rings is 1. The van der Waals surface area contributed by atoms with Gasteiger partial charge in [-0.2, -0.15) is 5.10 Å². The van der Waals surface area contributed by atoms with Crippen molar-refractivity contribution in [3.8, 4) is 0 Å². The molecule has 2 aromatic rings. The molecule has 3 N–H and O–H groups in total. The van der Waals surface area contributed by atoms with Crippen molar-refractivity contribution >= 4 is 16.0 Å². The molecule has 1 heterocycles. The Labute approximate surface area is 167 Å². The van der Waals surface area contributed by atoms with Crippen LogP contribution in [0, 0.1) is 0 Å². The summed E-state index contributed by atoms with van der Waals surface area (Å²) in [6.45, 7) is 6.69. The van der Waals surface area contributed by atoms with E-state index in [0.29, 0.717) is 32.6 Å². The third kappa shape index (κ3) is 7.69. The fraction of sp³-hybridized carbons (Fsp3) is 0.474. The molecule has 0 atom stereocenters. The van der Waals surface area contributed by atoms with Crippen molar-refractivity contribution in [1.82, 2.24) is 25.1 Å². The second-order valence-corrected chi connectivity index (χ2v) is 8.34. The minimum absolute atomic E-state index is 0.0997. The molecule has 0 aliphatic rings. The van der Waals surface area contributed by atoms with Crippen LogP contribution in [0.4, 0.5) is 0 Å². The van der Waals surface area contributed by atoms with Gasteiger partial charge in [0.25, 0.3) is 0 Å². The van der Waals surface area contributed by atoms with E-state index in [1.807, 2.05) is 36.0 Å². The maximum atomic E-state index is 11.4. The van der Waals surface area contributed by atoms with E-state index in [4.69, 9.17) is 0 Å². The number of nitrogens with zero attached hydrogens (tertiary/aromatic N) is 3. The van der Waals surface area contributed by atoms with E-state index in [9.17, 15) is 8.42 Å². The van der Waals surface area contributed by atoms with E-state index >= 15 is 0 Å². The highest BCUT2D eigenvalue weighted by Gasteiger charge is 2.06. The fourth-order valence-electron chi connectivity index (χ4n) is 2.57. The van der Waals surface area contributed by atoms with Gasteiger partial charge in [0.2, 0.25) is 10.0 Å². The van der Waals surface area contributed by atoms with Crippen molar-refractivity contribution in [2.45, 2.75) is 33.4 Å². The molecular formula is C19H30N6O2S. The topological polar surface area (TPSA) is 100 Å². The summed E-state index contributed by atoms with van der Waals surface area (Å²) in [6.07, 6.45) is 4.40. The van der Waals surface area contributed by atoms with E-state index in [1.54, 1.807) is 13.1 Å². The lowest BCUT2D eigenvalue weighted by Crippen LogP contribution is -2.38. The molecule has 0 fully saturated rings. The van der Waals surface area contributed by atoms with Crippen LogP contribution in [0.15, 0.2) is 47.7 Å². The molecule has 1 aromatic carbocycles. The summed E-state index contributed by atoms with van der Waals surface area (Å²) < 4.78 is 27.3. The predicted octanol–water partition coefficient (Wildman–Crippen LogP) is 1.32. The molecule has 0 saturated carbocycles. The Kier molecular flexibility index (Phi) is 8.96. The van der Waals surface area contributed by atoms with E-state index in [-0.39, 0.29) is 5.75 Å². The van der Waals surface area contributed by atoms with Crippen LogP contribution in [0.5, 0.6) is 0 Å². The second kappa shape index (κ2) is 11.5. The summed E-state index contributed by atoms with van der Waals surface area (Å²) in [7, 11) is -3.13. The molecule has 8 nitrogen and oxygen atoms in total. The molecule has 28 heavy (non-hydrogen) atoms. The number of rotatable bonds is 11. The smallest absolute Gasteiger partial charge is 0.211 e. The first-order valence-electron chi connectivity index (χ1n) is 9.57. The maximum absolute atomic E-state index is 11.4. The van der Waals surface area contributed by atoms with Gasteiger partial charge in [0.15, 0.2) is 5.96 Å². The number of nitrogens with one attached hydrogen (secondary N) is 3. The third-order valence-electron chi connectivity index (χ3n) is 4.11. The Morgan fingerprint density at radius 2 is 1.89 bits per heavy atom. The van der Waals surface area contributed by atoms with Gasteiger partial charge in [0.05, 0.1) is 18.8 Å². The van der Waals surface area contributed by atoms with Gasteiger partial charge >= 0.3 is 0 Å². The Balaban J connectivity index is 1.90. The molecule has 0 radical (unpaired) electrons. The van der Waals surface area contributed by atoms with Crippen molar-refractivity contribution in [2.24, 2.45) is 4.99 Å². The van der Waals surface area contributed by atoms with Crippen LogP contribution in [-0.4, -0.2) is 49.5 Å². The van der Waals surface area contributed by atoms with E-state index in [1.165, 1.54) is 5.56 Å². The molecule has 0 spiro atoms. The van der Waals surface area contributed by atoms with Crippen molar-refractivity contribution < 1.29 is 8.42 Å². The molecule has 0 unspecified atom stereocenters. The van der Waals surface area contributed by atoms with Gasteiger partial charge < -0.3 is 10.6 Å². The summed E-state index contributed by atoms with van der Waals surface area (Å²) >= 11 is 0. The number of aromatic nitrogens is 2. The zero-order valence-corrected chi connectivity index (χ0v) is 17.4. The van der Waals surface area contributed by atoms with Crippen LogP contribution in [-0.2, 0) is 23.1 Å². The summed E-state index contributed by atoms with van der Waals surface area (Å²) in [4.78, 5) is 4.66. The molecule has 1 aromatic heterocycles. The van der Waals surface area contributed by atoms with Crippen LogP contribution in [0.1, 0.15) is 31.4 Å². The molecule has 154 valence electrons. The Hall–Kier alpha value is -2.39. The summed E-state index contributed by atoms with van der Waals surface area (Å²) in [5, 5.41) is 10.7. The SMILES string of the molecule is CCNC(=NCc1ccccc1Cn1cccn1)NCCCNS(=O)(=O)CC. The van der Waals surface area contributed by atoms with E-state index in [0.717, 1.165) is 18.1 Å². The van der Waals surface area contributed by atoms with Crippen molar-refractivity contribution in [1.29, 1.82) is 0 Å². The van der Waals surface area contributed by atoms with Crippen LogP contribution in [0.2, 0.25) is 0 Å². The lowest BCUT2D eigenvalue weighted by Gasteiger charge is -2.13. The number of sulfonamides is 1. The van der Waals surface area contributed by atoms with Crippen molar-refractivity contribution in [3.63, 3.8) is 0 Å². The molecule has 0 aliphatic heterocycles. The zero-order valence-electron chi connectivity index (χ0n) is 16.6. The van der Waals surface area contributed by atoms with Gasteiger partial charge in [-0.25, -0.2) is 18.1 Å². The van der Waals surface area contributed by atoms with Gasteiger partial charge in [-0.3, -0.25) is 4.68 Å². The predicted molar refractivity (Wildman–Crippen MR) is 113 cm³/mol. The first-order valence-corrected chi connectivity index (χ1v) is 11.2. The highest BCUT2D eigenvalue weighted by Crippen LogP contribution is 2.11. The largest absolute Gasteiger partial charge is 0.357 e. The van der Waals surface area contributed by atoms with Crippen LogP contribution in [0.25, 0.3) is 0 Å². The van der Waals surface area contributed by atoms with Crippen molar-refractivity contribution in [3.05, 3.63) is 53.9 Å². The van der Waals surface area contributed by atoms with Gasteiger partial charge in [-0.1, -0.05) is 24.3 Å². The summed E-state index contributed by atoms with van der Waals surface area (Å²) in [5.41, 5.74) is 2.32. The van der Waals surface area contributed by atoms with Crippen molar-refractivity contribution in [2.75, 3.05) is 25.4 Å². The minimum Gasteiger partial charge on any atom is -0.357 e. The lowest BCUT2D eigenvalue weighted by molar-refractivity contribution is 0.579. The molecule has 0 amide bonds. The Bertz CT molecular complexity index is 834. The number of aliphatic imine (C=N–C) groups is 1. The summed E-state index contributed by atoms with van der Waals surface area (Å²) in [6, 6.07) is 10.1. The first-order chi connectivity index (χ1) is 13.5. The molecule has 0 saturated heterocycles. The lowest BCUT2D eigenvalue weighted by atomic mass is 10.1. The Morgan fingerprint density at radius 3 is 2.57 bits per heavy atom. The highest BCUT2D eigenvalue weighted by molar-refractivity contribution is 7.89. The molecular weight excluding hydrogens is 376 g/mol. The van der Waals surface area contributed by atoms with Gasteiger partial charge in [0, 0.05) is 32.0 Å². The monoisotopic (exact) mass is 406 g/mol. The van der Waals surface area contributed by atoms with Crippen LogP contribution in [0.3, 0.4) is 0 Å². The normalized spacial score (nSPS) is 12.1. The summed E-state index contributed by atoms with van der Waals surface area (Å²) in [5.74, 6) is 0.817. The fourth-order valence-corrected chi connectivity index (χ4v) is 3.22. The minimum atomic E-state index is -3.13. The number of hydrogen-bond acceptors (Lipinski definition) is 4. The Morgan fingerprint density at radius 1 is 1.11 bits per heavy atom. The average Bonchev–Trinajstić information content (AvgIpc) is 3.20. The average molecular weight is 407 g/mol. The number of guanidine groups is 1. The quantitative estimate of drug-likeness (QED) is 0.297. The van der Waals surface area contributed by atoms with Gasteiger partial charge in [-0.15, -0.1) is 0 Å². The molecule has 0 bridgehead atoms. The van der Waals surface area contributed by atoms with Gasteiger partial charge in [-0.05, 0) is 37.5 Å². The molecule has 0 aliphatic carbocycles. The molecule has 9 heteroatoms. The third-order valence-corrected chi connectivity index (χ3v) is 5.51. The standard InChI is InChI=1S/C19H30N6O2S/c1-3-20-19(21-11-7-13-24-28(26,27)4-2)22-15-17-9-5-6-10-18(17)16-25-14-8-12-23-25/h5-6,8-10,12,14,24H,3-4,7,11,13,15-16H2,1-2H3,(H2,20,21,22). The molecule has 2 rings (SSSR count). The maximum Gasteiger partial charge on any atom is 0.211 e. The second-order valence-electron chi connectivity index (χ2n) is 6.25. The number of hydrogen-bond donors (Lipinski definition) is 3. The zero-order chi connectivity index (χ0) is 20.2. The first kappa shape index (κ1) is 21.9. The van der Waals surface area contributed by atoms with E-state index in [2.05, 4.69) is 37.6 Å². The van der Waals surface area contributed by atoms with Gasteiger partial charge in [0.1, 0.15) is 0 Å². The van der Waals surface area contributed by atoms with Crippen LogP contribution < -0.4 is 15.4 Å². The highest BCUT2D eigenvalue weighted by atomic mass is 32.2. The van der Waals surface area contributed by atoms with E-state index < -0.39 is 10.0 Å². The van der Waals surface area contributed by atoms with Crippen LogP contribution >= 0.6 is 0 Å².